The molecule has 0 aliphatic heterocycles. The van der Waals surface area contributed by atoms with Crippen LogP contribution in [0.3, 0.4) is 0 Å². The molecule has 0 saturated heterocycles. The first kappa shape index (κ1) is 12.8. The molecule has 0 aromatic heterocycles. The van der Waals surface area contributed by atoms with Gasteiger partial charge in [0.2, 0.25) is 0 Å². The number of ether oxygens (including phenoxy) is 1. The van der Waals surface area contributed by atoms with Gasteiger partial charge in [0.05, 0.1) is 12.2 Å². The monoisotopic (exact) mass is 206 g/mol. The van der Waals surface area contributed by atoms with Gasteiger partial charge in [-0.3, -0.25) is 0 Å². The molecule has 0 rings (SSSR count). The molecule has 0 aromatic rings. The van der Waals surface area contributed by atoms with Crippen LogP contribution in [-0.2, 0) is 4.74 Å². The molecule has 0 atom stereocenters. The van der Waals surface area contributed by atoms with Gasteiger partial charge < -0.3 is 4.74 Å². The molecule has 1 nitrogen and oxygen atoms in total. The summed E-state index contributed by atoms with van der Waals surface area (Å²) < 4.78 is 41.4. The molecule has 0 saturated carbocycles. The van der Waals surface area contributed by atoms with Gasteiger partial charge in [0.25, 0.3) is 0 Å². The zero-order chi connectivity index (χ0) is 11.2. The van der Waals surface area contributed by atoms with Crippen molar-refractivity contribution in [2.45, 2.75) is 19.5 Å². The first-order chi connectivity index (χ1) is 6.41. The van der Waals surface area contributed by atoms with Gasteiger partial charge in [0.15, 0.2) is 0 Å². The van der Waals surface area contributed by atoms with Crippen molar-refractivity contribution in [1.29, 1.82) is 0 Å². The highest BCUT2D eigenvalue weighted by Crippen LogP contribution is 2.27. The van der Waals surface area contributed by atoms with E-state index in [2.05, 4.69) is 13.2 Å². The fraction of sp³-hybridized carbons (Fsp3) is 0.400. The lowest BCUT2D eigenvalue weighted by Crippen LogP contribution is -2.10. The molecule has 0 aliphatic rings. The van der Waals surface area contributed by atoms with Crippen LogP contribution >= 0.6 is 0 Å². The number of rotatable bonds is 5. The van der Waals surface area contributed by atoms with Crippen molar-refractivity contribution in [2.24, 2.45) is 0 Å². The number of alkyl halides is 3. The van der Waals surface area contributed by atoms with E-state index in [4.69, 9.17) is 4.74 Å². The fourth-order valence-corrected chi connectivity index (χ4v) is 0.705. The molecule has 0 heterocycles. The molecule has 0 N–H and O–H groups in total. The second kappa shape index (κ2) is 5.52. The lowest BCUT2D eigenvalue weighted by Gasteiger charge is -2.09. The summed E-state index contributed by atoms with van der Waals surface area (Å²) in [6.07, 6.45) is -2.11. The molecule has 0 unspecified atom stereocenters. The maximum Gasteiger partial charge on any atom is 0.416 e. The Labute approximate surface area is 81.6 Å². The molecule has 0 bridgehead atoms. The van der Waals surface area contributed by atoms with Crippen LogP contribution in [0.25, 0.3) is 0 Å². The van der Waals surface area contributed by atoms with Gasteiger partial charge in [0, 0.05) is 0 Å². The van der Waals surface area contributed by atoms with Gasteiger partial charge in [-0.15, -0.1) is 0 Å². The second-order valence-corrected chi connectivity index (χ2v) is 2.62. The summed E-state index contributed by atoms with van der Waals surface area (Å²) in [5.74, 6) is -0.000856. The second-order valence-electron chi connectivity index (χ2n) is 2.62. The van der Waals surface area contributed by atoms with Crippen LogP contribution < -0.4 is 0 Å². The zero-order valence-corrected chi connectivity index (χ0v) is 8.03. The van der Waals surface area contributed by atoms with E-state index in [1.54, 1.807) is 0 Å². The summed E-state index contributed by atoms with van der Waals surface area (Å²) in [5.41, 5.74) is -0.849. The van der Waals surface area contributed by atoms with E-state index in [9.17, 15) is 13.2 Å². The van der Waals surface area contributed by atoms with Crippen LogP contribution in [-0.4, -0.2) is 12.8 Å². The van der Waals surface area contributed by atoms with Gasteiger partial charge in [0.1, 0.15) is 5.76 Å². The van der Waals surface area contributed by atoms with E-state index in [0.29, 0.717) is 6.61 Å². The van der Waals surface area contributed by atoms with E-state index in [-0.39, 0.29) is 5.76 Å². The number of halogens is 3. The third-order valence-electron chi connectivity index (χ3n) is 1.36. The SMILES string of the molecule is C=C/C(=C\C(=C)OCCC)C(F)(F)F. The average Bonchev–Trinajstić information content (AvgIpc) is 2.08. The van der Waals surface area contributed by atoms with Crippen molar-refractivity contribution in [3.05, 3.63) is 36.6 Å². The molecule has 0 radical (unpaired) electrons. The van der Waals surface area contributed by atoms with Gasteiger partial charge >= 0.3 is 6.18 Å². The minimum Gasteiger partial charge on any atom is -0.494 e. The number of allylic oxidation sites excluding steroid dienone is 3. The zero-order valence-electron chi connectivity index (χ0n) is 8.03. The Hall–Kier alpha value is -1.19. The first-order valence-electron chi connectivity index (χ1n) is 4.14. The smallest absolute Gasteiger partial charge is 0.416 e. The van der Waals surface area contributed by atoms with E-state index >= 15 is 0 Å². The van der Waals surface area contributed by atoms with E-state index in [0.717, 1.165) is 18.6 Å². The standard InChI is InChI=1S/C10H13F3O/c1-4-6-14-8(3)7-9(5-2)10(11,12)13/h5,7H,2-4,6H2,1H3/b9-7+. The van der Waals surface area contributed by atoms with Crippen LogP contribution in [0.5, 0.6) is 0 Å². The molecule has 14 heavy (non-hydrogen) atoms. The Morgan fingerprint density at radius 1 is 1.43 bits per heavy atom. The molecule has 0 amide bonds. The molecular weight excluding hydrogens is 193 g/mol. The molecule has 4 heteroatoms. The summed E-state index contributed by atoms with van der Waals surface area (Å²) >= 11 is 0. The lowest BCUT2D eigenvalue weighted by atomic mass is 10.2. The Morgan fingerprint density at radius 2 is 2.00 bits per heavy atom. The Bertz CT molecular complexity index is 238. The third-order valence-corrected chi connectivity index (χ3v) is 1.36. The Kier molecular flexibility index (Phi) is 5.05. The van der Waals surface area contributed by atoms with E-state index in [1.807, 2.05) is 6.92 Å². The average molecular weight is 206 g/mol. The van der Waals surface area contributed by atoms with Crippen molar-refractivity contribution < 1.29 is 17.9 Å². The highest BCUT2D eigenvalue weighted by atomic mass is 19.4. The molecular formula is C10H13F3O. The maximum absolute atomic E-state index is 12.2. The predicted octanol–water partition coefficient (Wildman–Crippen LogP) is 3.60. The Morgan fingerprint density at radius 3 is 2.36 bits per heavy atom. The molecule has 0 aliphatic carbocycles. The molecule has 0 aromatic carbocycles. The maximum atomic E-state index is 12.2. The minimum atomic E-state index is -4.40. The summed E-state index contributed by atoms with van der Waals surface area (Å²) in [6.45, 7) is 8.64. The Balaban J connectivity index is 4.45. The van der Waals surface area contributed by atoms with Gasteiger partial charge in [-0.25, -0.2) is 0 Å². The molecule has 0 spiro atoms. The van der Waals surface area contributed by atoms with Crippen molar-refractivity contribution >= 4 is 0 Å². The highest BCUT2D eigenvalue weighted by molar-refractivity contribution is 5.28. The fourth-order valence-electron chi connectivity index (χ4n) is 0.705. The predicted molar refractivity (Wildman–Crippen MR) is 49.7 cm³/mol. The van der Waals surface area contributed by atoms with Gasteiger partial charge in [-0.1, -0.05) is 26.2 Å². The van der Waals surface area contributed by atoms with Crippen molar-refractivity contribution in [3.63, 3.8) is 0 Å². The summed E-state index contributed by atoms with van der Waals surface area (Å²) in [4.78, 5) is 0. The molecule has 0 fully saturated rings. The van der Waals surface area contributed by atoms with Gasteiger partial charge in [-0.2, -0.15) is 13.2 Å². The van der Waals surface area contributed by atoms with Crippen molar-refractivity contribution in [2.75, 3.05) is 6.61 Å². The van der Waals surface area contributed by atoms with E-state index in [1.165, 1.54) is 0 Å². The largest absolute Gasteiger partial charge is 0.494 e. The van der Waals surface area contributed by atoms with Crippen LogP contribution in [0, 0.1) is 0 Å². The summed E-state index contributed by atoms with van der Waals surface area (Å²) in [7, 11) is 0. The number of hydrogen-bond acceptors (Lipinski definition) is 1. The third kappa shape index (κ3) is 4.74. The van der Waals surface area contributed by atoms with Crippen molar-refractivity contribution in [3.8, 4) is 0 Å². The molecule has 80 valence electrons. The van der Waals surface area contributed by atoms with Crippen LogP contribution in [0.4, 0.5) is 13.2 Å². The minimum absolute atomic E-state index is 0.000856. The topological polar surface area (TPSA) is 9.23 Å². The summed E-state index contributed by atoms with van der Waals surface area (Å²) in [5, 5.41) is 0. The van der Waals surface area contributed by atoms with Crippen molar-refractivity contribution in [1.82, 2.24) is 0 Å². The first-order valence-corrected chi connectivity index (χ1v) is 4.14. The number of hydrogen-bond donors (Lipinski definition) is 0. The summed E-state index contributed by atoms with van der Waals surface area (Å²) in [6, 6.07) is 0. The van der Waals surface area contributed by atoms with Crippen LogP contribution in [0.2, 0.25) is 0 Å². The van der Waals surface area contributed by atoms with Crippen LogP contribution in [0.1, 0.15) is 13.3 Å². The lowest BCUT2D eigenvalue weighted by molar-refractivity contribution is -0.0884. The normalized spacial score (nSPS) is 12.4. The van der Waals surface area contributed by atoms with Gasteiger partial charge in [-0.05, 0) is 12.5 Å². The van der Waals surface area contributed by atoms with Crippen LogP contribution in [0.15, 0.2) is 36.6 Å². The quantitative estimate of drug-likeness (QED) is 0.493. The van der Waals surface area contributed by atoms with E-state index < -0.39 is 11.7 Å². The highest BCUT2D eigenvalue weighted by Gasteiger charge is 2.31.